The number of hydrogen-bond donors (Lipinski definition) is 1. The maximum absolute atomic E-state index is 12.5. The van der Waals surface area contributed by atoms with Crippen LogP contribution in [0.1, 0.15) is 31.2 Å². The molecular weight excluding hydrogens is 243 g/mol. The van der Waals surface area contributed by atoms with Gasteiger partial charge in [-0.1, -0.05) is 6.92 Å². The Morgan fingerprint density at radius 1 is 1.44 bits per heavy atom. The lowest BCUT2D eigenvalue weighted by Crippen LogP contribution is -2.36. The van der Waals surface area contributed by atoms with E-state index in [1.165, 1.54) is 0 Å². The lowest BCUT2D eigenvalue weighted by molar-refractivity contribution is -0.140. The highest BCUT2D eigenvalue weighted by Crippen LogP contribution is 2.23. The number of nitrogens with one attached hydrogen (secondary N) is 1. The van der Waals surface area contributed by atoms with Crippen LogP contribution in [-0.2, 0) is 13.5 Å². The quantitative estimate of drug-likeness (QED) is 0.855. The predicted octanol–water partition coefficient (Wildman–Crippen LogP) is 2.59. The summed E-state index contributed by atoms with van der Waals surface area (Å²) in [5, 5.41) is 7.10. The van der Waals surface area contributed by atoms with E-state index in [0.29, 0.717) is 13.0 Å². The minimum atomic E-state index is -4.14. The number of hydrogen-bond acceptors (Lipinski definition) is 2. The summed E-state index contributed by atoms with van der Waals surface area (Å²) in [4.78, 5) is 0. The van der Waals surface area contributed by atoms with E-state index in [-0.39, 0.29) is 0 Å². The first-order valence-electron chi connectivity index (χ1n) is 6.11. The molecule has 0 saturated heterocycles. The summed E-state index contributed by atoms with van der Waals surface area (Å²) in [5.41, 5.74) is 1.65. The summed E-state index contributed by atoms with van der Waals surface area (Å²) in [7, 11) is 1.76. The third-order valence-electron chi connectivity index (χ3n) is 2.72. The zero-order valence-electron chi connectivity index (χ0n) is 11.0. The molecule has 104 valence electrons. The first-order valence-corrected chi connectivity index (χ1v) is 6.11. The molecule has 0 aliphatic heterocycles. The van der Waals surface area contributed by atoms with Crippen molar-refractivity contribution >= 4 is 0 Å². The Morgan fingerprint density at radius 3 is 2.56 bits per heavy atom. The van der Waals surface area contributed by atoms with Gasteiger partial charge in [-0.2, -0.15) is 18.3 Å². The Balaban J connectivity index is 2.68. The molecule has 1 aromatic rings. The lowest BCUT2D eigenvalue weighted by atomic mass is 10.1. The standard InChI is InChI=1S/C12H20F3N3/c1-4-5-16-10(8-12(13,14)15)7-11-6-9(2)17-18(11)3/h6,10,16H,4-5,7-8H2,1-3H3. The van der Waals surface area contributed by atoms with Gasteiger partial charge in [-0.3, -0.25) is 4.68 Å². The summed E-state index contributed by atoms with van der Waals surface area (Å²) in [6.07, 6.45) is -3.79. The van der Waals surface area contributed by atoms with Gasteiger partial charge < -0.3 is 5.32 Å². The second kappa shape index (κ2) is 6.22. The zero-order valence-corrected chi connectivity index (χ0v) is 11.0. The van der Waals surface area contributed by atoms with E-state index in [1.54, 1.807) is 11.7 Å². The van der Waals surface area contributed by atoms with Gasteiger partial charge in [0, 0.05) is 25.2 Å². The molecule has 0 spiro atoms. The van der Waals surface area contributed by atoms with Gasteiger partial charge >= 0.3 is 6.18 Å². The predicted molar refractivity (Wildman–Crippen MR) is 64.4 cm³/mol. The highest BCUT2D eigenvalue weighted by molar-refractivity contribution is 5.10. The molecule has 0 fully saturated rings. The van der Waals surface area contributed by atoms with Gasteiger partial charge in [0.05, 0.1) is 12.1 Å². The molecule has 0 radical (unpaired) electrons. The third kappa shape index (κ3) is 5.08. The van der Waals surface area contributed by atoms with Crippen molar-refractivity contribution in [2.75, 3.05) is 6.54 Å². The second-order valence-electron chi connectivity index (χ2n) is 4.58. The Bertz CT molecular complexity index is 371. The summed E-state index contributed by atoms with van der Waals surface area (Å²) < 4.78 is 39.1. The largest absolute Gasteiger partial charge is 0.390 e. The first-order chi connectivity index (χ1) is 8.31. The van der Waals surface area contributed by atoms with Crippen molar-refractivity contribution in [1.29, 1.82) is 0 Å². The van der Waals surface area contributed by atoms with Gasteiger partial charge in [-0.25, -0.2) is 0 Å². The number of aromatic nitrogens is 2. The molecule has 0 aliphatic rings. The van der Waals surface area contributed by atoms with E-state index in [4.69, 9.17) is 0 Å². The number of aryl methyl sites for hydroxylation is 2. The van der Waals surface area contributed by atoms with E-state index >= 15 is 0 Å². The number of alkyl halides is 3. The van der Waals surface area contributed by atoms with Crippen LogP contribution in [0, 0.1) is 6.92 Å². The first kappa shape index (κ1) is 15.0. The van der Waals surface area contributed by atoms with Crippen LogP contribution in [0.4, 0.5) is 13.2 Å². The van der Waals surface area contributed by atoms with Gasteiger partial charge in [0.1, 0.15) is 0 Å². The molecule has 0 aliphatic carbocycles. The molecular formula is C12H20F3N3. The van der Waals surface area contributed by atoms with Crippen molar-refractivity contribution in [3.8, 4) is 0 Å². The van der Waals surface area contributed by atoms with Gasteiger partial charge in [0.25, 0.3) is 0 Å². The van der Waals surface area contributed by atoms with E-state index in [2.05, 4.69) is 10.4 Å². The van der Waals surface area contributed by atoms with Crippen LogP contribution < -0.4 is 5.32 Å². The monoisotopic (exact) mass is 263 g/mol. The minimum Gasteiger partial charge on any atom is -0.313 e. The maximum atomic E-state index is 12.5. The van der Waals surface area contributed by atoms with E-state index in [9.17, 15) is 13.2 Å². The summed E-state index contributed by atoms with van der Waals surface area (Å²) in [6.45, 7) is 4.37. The fourth-order valence-corrected chi connectivity index (χ4v) is 1.95. The van der Waals surface area contributed by atoms with Crippen molar-refractivity contribution in [2.45, 2.75) is 45.3 Å². The smallest absolute Gasteiger partial charge is 0.313 e. The molecule has 1 aromatic heterocycles. The third-order valence-corrected chi connectivity index (χ3v) is 2.72. The Labute approximate surface area is 105 Å². The highest BCUT2D eigenvalue weighted by Gasteiger charge is 2.32. The molecule has 6 heteroatoms. The van der Waals surface area contributed by atoms with Crippen LogP contribution in [-0.4, -0.2) is 28.5 Å². The lowest BCUT2D eigenvalue weighted by Gasteiger charge is -2.20. The van der Waals surface area contributed by atoms with Crippen LogP contribution >= 0.6 is 0 Å². The molecule has 1 atom stereocenters. The van der Waals surface area contributed by atoms with Crippen molar-refractivity contribution in [2.24, 2.45) is 7.05 Å². The molecule has 3 nitrogen and oxygen atoms in total. The van der Waals surface area contributed by atoms with Crippen LogP contribution in [0.5, 0.6) is 0 Å². The molecule has 0 amide bonds. The van der Waals surface area contributed by atoms with Gasteiger partial charge in [0.2, 0.25) is 0 Å². The number of nitrogens with zero attached hydrogens (tertiary/aromatic N) is 2. The topological polar surface area (TPSA) is 29.9 Å². The molecule has 0 saturated carbocycles. The van der Waals surface area contributed by atoms with Crippen molar-refractivity contribution in [3.63, 3.8) is 0 Å². The molecule has 0 bridgehead atoms. The minimum absolute atomic E-state index is 0.344. The normalized spacial score (nSPS) is 13.9. The molecule has 1 unspecified atom stereocenters. The molecule has 18 heavy (non-hydrogen) atoms. The Kier molecular flexibility index (Phi) is 5.19. The van der Waals surface area contributed by atoms with E-state index in [1.807, 2.05) is 19.9 Å². The molecule has 1 heterocycles. The van der Waals surface area contributed by atoms with E-state index in [0.717, 1.165) is 17.8 Å². The van der Waals surface area contributed by atoms with Crippen LogP contribution in [0.15, 0.2) is 6.07 Å². The fourth-order valence-electron chi connectivity index (χ4n) is 1.95. The summed E-state index contributed by atoms with van der Waals surface area (Å²) in [6, 6.07) is 1.25. The zero-order chi connectivity index (χ0) is 13.8. The van der Waals surface area contributed by atoms with Crippen LogP contribution in [0.2, 0.25) is 0 Å². The summed E-state index contributed by atoms with van der Waals surface area (Å²) >= 11 is 0. The highest BCUT2D eigenvalue weighted by atomic mass is 19.4. The van der Waals surface area contributed by atoms with Crippen molar-refractivity contribution in [1.82, 2.24) is 15.1 Å². The number of halogens is 3. The van der Waals surface area contributed by atoms with Crippen molar-refractivity contribution < 1.29 is 13.2 Å². The van der Waals surface area contributed by atoms with Gasteiger partial charge in [-0.05, 0) is 26.0 Å². The van der Waals surface area contributed by atoms with E-state index < -0.39 is 18.6 Å². The van der Waals surface area contributed by atoms with Gasteiger partial charge in [0.15, 0.2) is 0 Å². The molecule has 1 N–H and O–H groups in total. The average molecular weight is 263 g/mol. The molecule has 0 aromatic carbocycles. The van der Waals surface area contributed by atoms with Crippen molar-refractivity contribution in [3.05, 3.63) is 17.5 Å². The van der Waals surface area contributed by atoms with Crippen LogP contribution in [0.3, 0.4) is 0 Å². The molecule has 1 rings (SSSR count). The average Bonchev–Trinajstić information content (AvgIpc) is 2.52. The SMILES string of the molecule is CCCNC(Cc1cc(C)nn1C)CC(F)(F)F. The number of rotatable bonds is 6. The van der Waals surface area contributed by atoms with Crippen LogP contribution in [0.25, 0.3) is 0 Å². The maximum Gasteiger partial charge on any atom is 0.390 e. The Morgan fingerprint density at radius 2 is 2.11 bits per heavy atom. The van der Waals surface area contributed by atoms with Gasteiger partial charge in [-0.15, -0.1) is 0 Å². The fraction of sp³-hybridized carbons (Fsp3) is 0.750. The summed E-state index contributed by atoms with van der Waals surface area (Å²) in [5.74, 6) is 0. The Hall–Kier alpha value is -1.04. The second-order valence-corrected chi connectivity index (χ2v) is 4.58.